The average Bonchev–Trinajstić information content (AvgIpc) is 2.39. The number of Topliss-reactive ketones (excluding diaryl/α,β-unsaturated/α-hetero) is 1. The zero-order chi connectivity index (χ0) is 13.2. The van der Waals surface area contributed by atoms with Crippen molar-refractivity contribution in [1.29, 1.82) is 0 Å². The van der Waals surface area contributed by atoms with Gasteiger partial charge < -0.3 is 4.79 Å². The summed E-state index contributed by atoms with van der Waals surface area (Å²) in [6, 6.07) is 20.0. The Bertz CT molecular complexity index is 451. The van der Waals surface area contributed by atoms with Crippen molar-refractivity contribution in [2.24, 2.45) is 0 Å². The second-order valence-electron chi connectivity index (χ2n) is 3.98. The summed E-state index contributed by atoms with van der Waals surface area (Å²) in [6.45, 7) is 1.63. The maximum absolute atomic E-state index is 10.6. The molecule has 0 bridgehead atoms. The lowest BCUT2D eigenvalue weighted by molar-refractivity contribution is -0.116. The number of hydrogen-bond acceptors (Lipinski definition) is 1. The molecule has 2 rings (SSSR count). The van der Waals surface area contributed by atoms with Crippen LogP contribution in [-0.4, -0.2) is 5.78 Å². The van der Waals surface area contributed by atoms with Crippen LogP contribution in [-0.2, 0) is 11.2 Å². The zero-order valence-electron chi connectivity index (χ0n) is 10.5. The molecule has 94 valence electrons. The van der Waals surface area contributed by atoms with E-state index in [9.17, 15) is 4.79 Å². The van der Waals surface area contributed by atoms with Crippen LogP contribution >= 0.6 is 15.9 Å². The molecule has 0 unspecified atom stereocenters. The van der Waals surface area contributed by atoms with Crippen molar-refractivity contribution in [2.75, 3.05) is 0 Å². The summed E-state index contributed by atoms with van der Waals surface area (Å²) in [7, 11) is 0. The molecule has 0 saturated heterocycles. The lowest BCUT2D eigenvalue weighted by atomic mass is 10.1. The number of hydrogen-bond donors (Lipinski definition) is 0. The minimum Gasteiger partial charge on any atom is -0.300 e. The van der Waals surface area contributed by atoms with E-state index in [0.29, 0.717) is 6.42 Å². The Morgan fingerprint density at radius 2 is 1.44 bits per heavy atom. The first-order chi connectivity index (χ1) is 8.68. The van der Waals surface area contributed by atoms with Crippen molar-refractivity contribution < 1.29 is 4.79 Å². The SMILES string of the molecule is Brc1ccccc1.CC(=O)CCc1ccccc1. The predicted octanol–water partition coefficient (Wildman–Crippen LogP) is 4.66. The molecule has 2 aromatic carbocycles. The maximum atomic E-state index is 10.6. The van der Waals surface area contributed by atoms with Gasteiger partial charge in [-0.3, -0.25) is 0 Å². The van der Waals surface area contributed by atoms with E-state index in [1.165, 1.54) is 5.56 Å². The predicted molar refractivity (Wildman–Crippen MR) is 79.6 cm³/mol. The van der Waals surface area contributed by atoms with Gasteiger partial charge in [0, 0.05) is 10.9 Å². The van der Waals surface area contributed by atoms with Gasteiger partial charge in [-0.15, -0.1) is 0 Å². The average molecular weight is 305 g/mol. The molecule has 0 heterocycles. The van der Waals surface area contributed by atoms with Crippen LogP contribution in [0.1, 0.15) is 18.9 Å². The van der Waals surface area contributed by atoms with E-state index >= 15 is 0 Å². The second kappa shape index (κ2) is 8.65. The molecule has 0 N–H and O–H groups in total. The number of rotatable bonds is 3. The minimum atomic E-state index is 0.258. The summed E-state index contributed by atoms with van der Waals surface area (Å²) in [5.74, 6) is 0.258. The Kier molecular flexibility index (Phi) is 7.04. The quantitative estimate of drug-likeness (QED) is 0.806. The zero-order valence-corrected chi connectivity index (χ0v) is 12.1. The molecule has 0 aliphatic carbocycles. The monoisotopic (exact) mass is 304 g/mol. The lowest BCUT2D eigenvalue weighted by Gasteiger charge is -1.96. The highest BCUT2D eigenvalue weighted by molar-refractivity contribution is 9.10. The van der Waals surface area contributed by atoms with Crippen molar-refractivity contribution in [1.82, 2.24) is 0 Å². The third-order valence-electron chi connectivity index (χ3n) is 2.34. The Balaban J connectivity index is 0.000000199. The van der Waals surface area contributed by atoms with Gasteiger partial charge in [-0.25, -0.2) is 0 Å². The van der Waals surface area contributed by atoms with Gasteiger partial charge in [0.1, 0.15) is 5.78 Å². The van der Waals surface area contributed by atoms with E-state index in [1.807, 2.05) is 60.7 Å². The second-order valence-corrected chi connectivity index (χ2v) is 4.90. The molecule has 0 aliphatic rings. The largest absolute Gasteiger partial charge is 0.300 e. The Morgan fingerprint density at radius 3 is 1.83 bits per heavy atom. The highest BCUT2D eigenvalue weighted by Crippen LogP contribution is 2.05. The van der Waals surface area contributed by atoms with Crippen LogP contribution < -0.4 is 0 Å². The van der Waals surface area contributed by atoms with Crippen molar-refractivity contribution in [3.8, 4) is 0 Å². The first-order valence-corrected chi connectivity index (χ1v) is 6.71. The summed E-state index contributed by atoms with van der Waals surface area (Å²) in [4.78, 5) is 10.6. The molecular formula is C16H17BrO. The smallest absolute Gasteiger partial charge is 0.130 e. The Labute approximate surface area is 117 Å². The van der Waals surface area contributed by atoms with E-state index in [0.717, 1.165) is 10.9 Å². The van der Waals surface area contributed by atoms with Crippen LogP contribution in [0.4, 0.5) is 0 Å². The van der Waals surface area contributed by atoms with Crippen LogP contribution in [0.25, 0.3) is 0 Å². The van der Waals surface area contributed by atoms with Gasteiger partial charge in [0.05, 0.1) is 0 Å². The van der Waals surface area contributed by atoms with Crippen LogP contribution in [0.2, 0.25) is 0 Å². The van der Waals surface area contributed by atoms with E-state index in [4.69, 9.17) is 0 Å². The van der Waals surface area contributed by atoms with Crippen LogP contribution in [0, 0.1) is 0 Å². The molecule has 1 nitrogen and oxygen atoms in total. The fourth-order valence-electron chi connectivity index (χ4n) is 1.38. The number of ketones is 1. The van der Waals surface area contributed by atoms with E-state index in [2.05, 4.69) is 15.9 Å². The maximum Gasteiger partial charge on any atom is 0.130 e. The molecule has 0 radical (unpaired) electrons. The van der Waals surface area contributed by atoms with E-state index in [-0.39, 0.29) is 5.78 Å². The van der Waals surface area contributed by atoms with Crippen LogP contribution in [0.5, 0.6) is 0 Å². The van der Waals surface area contributed by atoms with Crippen molar-refractivity contribution >= 4 is 21.7 Å². The normalized spacial score (nSPS) is 9.22. The van der Waals surface area contributed by atoms with Gasteiger partial charge in [-0.1, -0.05) is 64.5 Å². The fraction of sp³-hybridized carbons (Fsp3) is 0.188. The van der Waals surface area contributed by atoms with Gasteiger partial charge >= 0.3 is 0 Å². The van der Waals surface area contributed by atoms with Crippen molar-refractivity contribution in [2.45, 2.75) is 19.8 Å². The Hall–Kier alpha value is -1.41. The number of carbonyl (C=O) groups excluding carboxylic acids is 1. The van der Waals surface area contributed by atoms with Gasteiger partial charge in [-0.2, -0.15) is 0 Å². The molecule has 2 aromatic rings. The van der Waals surface area contributed by atoms with Crippen molar-refractivity contribution in [3.63, 3.8) is 0 Å². The molecule has 0 amide bonds. The number of carbonyl (C=O) groups is 1. The number of benzene rings is 2. The third-order valence-corrected chi connectivity index (χ3v) is 2.87. The Morgan fingerprint density at radius 1 is 0.944 bits per heavy atom. The van der Waals surface area contributed by atoms with Gasteiger partial charge in [0.15, 0.2) is 0 Å². The molecular weight excluding hydrogens is 288 g/mol. The van der Waals surface area contributed by atoms with E-state index in [1.54, 1.807) is 6.92 Å². The molecule has 0 aliphatic heterocycles. The first-order valence-electron chi connectivity index (χ1n) is 5.92. The van der Waals surface area contributed by atoms with E-state index < -0.39 is 0 Å². The lowest BCUT2D eigenvalue weighted by Crippen LogP contribution is -1.92. The summed E-state index contributed by atoms with van der Waals surface area (Å²) >= 11 is 3.31. The fourth-order valence-corrected chi connectivity index (χ4v) is 1.68. The number of halogens is 1. The highest BCUT2D eigenvalue weighted by Gasteiger charge is 1.94. The molecule has 0 saturated carbocycles. The standard InChI is InChI=1S/C10H12O.C6H5Br/c1-9(11)7-8-10-5-3-2-4-6-10;7-6-4-2-1-3-5-6/h2-6H,7-8H2,1H3;1-5H. The first kappa shape index (κ1) is 14.7. The highest BCUT2D eigenvalue weighted by atomic mass is 79.9. The van der Waals surface area contributed by atoms with Crippen LogP contribution in [0.3, 0.4) is 0 Å². The molecule has 18 heavy (non-hydrogen) atoms. The van der Waals surface area contributed by atoms with Crippen LogP contribution in [0.15, 0.2) is 65.1 Å². The molecule has 0 aromatic heterocycles. The topological polar surface area (TPSA) is 17.1 Å². The molecule has 0 fully saturated rings. The molecule has 0 spiro atoms. The summed E-state index contributed by atoms with van der Waals surface area (Å²) in [5, 5.41) is 0. The summed E-state index contributed by atoms with van der Waals surface area (Å²) in [6.07, 6.45) is 1.53. The van der Waals surface area contributed by atoms with Gasteiger partial charge in [0.2, 0.25) is 0 Å². The minimum absolute atomic E-state index is 0.258. The summed E-state index contributed by atoms with van der Waals surface area (Å²) in [5.41, 5.74) is 1.24. The number of aryl methyl sites for hydroxylation is 1. The molecule has 2 heteroatoms. The third kappa shape index (κ3) is 7.02. The van der Waals surface area contributed by atoms with Gasteiger partial charge in [-0.05, 0) is 31.0 Å². The molecule has 0 atom stereocenters. The van der Waals surface area contributed by atoms with Crippen molar-refractivity contribution in [3.05, 3.63) is 70.7 Å². The van der Waals surface area contributed by atoms with Gasteiger partial charge in [0.25, 0.3) is 0 Å². The summed E-state index contributed by atoms with van der Waals surface area (Å²) < 4.78 is 1.13.